The number of rotatable bonds is 3. The number of aryl methyl sites for hydroxylation is 1. The highest BCUT2D eigenvalue weighted by Crippen LogP contribution is 2.34. The summed E-state index contributed by atoms with van der Waals surface area (Å²) in [5.41, 5.74) is 3.74. The van der Waals surface area contributed by atoms with Gasteiger partial charge < -0.3 is 5.11 Å². The lowest BCUT2D eigenvalue weighted by Crippen LogP contribution is -1.92. The quantitative estimate of drug-likeness (QED) is 0.860. The summed E-state index contributed by atoms with van der Waals surface area (Å²) < 4.78 is 0. The molecular formula is C15H14ClNOS. The Morgan fingerprint density at radius 3 is 3.00 bits per heavy atom. The predicted molar refractivity (Wildman–Crippen MR) is 78.9 cm³/mol. The lowest BCUT2D eigenvalue weighted by molar-refractivity contribution is 0.447. The van der Waals surface area contributed by atoms with Gasteiger partial charge in [0.2, 0.25) is 5.88 Å². The Hall–Kier alpha value is -1.19. The number of benzene rings is 1. The average molecular weight is 292 g/mol. The summed E-state index contributed by atoms with van der Waals surface area (Å²) in [5.74, 6) is 0.956. The van der Waals surface area contributed by atoms with Crippen LogP contribution in [-0.4, -0.2) is 10.1 Å². The van der Waals surface area contributed by atoms with Gasteiger partial charge in [0, 0.05) is 16.8 Å². The van der Waals surface area contributed by atoms with Gasteiger partial charge in [-0.25, -0.2) is 4.98 Å². The number of nitrogens with zero attached hydrogens (tertiary/aromatic N) is 1. The maximum absolute atomic E-state index is 9.67. The standard InChI is InChI=1S/C15H14ClNOS/c16-12-5-1-3-10(7-12)9-19-15-13-6-2-4-11(13)8-14(18)17-15/h1,3,5,7-8H,2,4,6,9H2,(H,17,18). The molecule has 0 fully saturated rings. The number of hydrogen-bond acceptors (Lipinski definition) is 3. The van der Waals surface area contributed by atoms with Crippen molar-refractivity contribution in [2.24, 2.45) is 0 Å². The van der Waals surface area contributed by atoms with E-state index in [1.54, 1.807) is 17.8 Å². The number of halogens is 1. The van der Waals surface area contributed by atoms with Gasteiger partial charge in [-0.05, 0) is 48.1 Å². The molecule has 0 atom stereocenters. The molecule has 0 aliphatic heterocycles. The van der Waals surface area contributed by atoms with Crippen molar-refractivity contribution >= 4 is 23.4 Å². The summed E-state index contributed by atoms with van der Waals surface area (Å²) in [6.45, 7) is 0. The number of fused-ring (bicyclic) bond motifs is 1. The second-order valence-corrected chi connectivity index (χ2v) is 6.10. The molecule has 0 radical (unpaired) electrons. The first-order chi connectivity index (χ1) is 9.22. The molecule has 1 heterocycles. The molecule has 0 unspecified atom stereocenters. The molecule has 2 aromatic rings. The first-order valence-corrected chi connectivity index (χ1v) is 7.68. The molecule has 98 valence electrons. The zero-order valence-corrected chi connectivity index (χ0v) is 12.0. The van der Waals surface area contributed by atoms with Crippen molar-refractivity contribution in [3.8, 4) is 5.88 Å². The van der Waals surface area contributed by atoms with Crippen LogP contribution in [0.4, 0.5) is 0 Å². The molecule has 0 bridgehead atoms. The zero-order valence-electron chi connectivity index (χ0n) is 10.4. The summed E-state index contributed by atoms with van der Waals surface area (Å²) in [6, 6.07) is 9.66. The van der Waals surface area contributed by atoms with Gasteiger partial charge >= 0.3 is 0 Å². The van der Waals surface area contributed by atoms with Gasteiger partial charge in [-0.1, -0.05) is 23.7 Å². The van der Waals surface area contributed by atoms with E-state index in [9.17, 15) is 5.11 Å². The Labute approximate surface area is 121 Å². The first kappa shape index (κ1) is 12.8. The second kappa shape index (κ2) is 5.43. The molecule has 0 saturated carbocycles. The smallest absolute Gasteiger partial charge is 0.212 e. The van der Waals surface area contributed by atoms with Crippen LogP contribution in [0.15, 0.2) is 35.4 Å². The Morgan fingerprint density at radius 1 is 1.26 bits per heavy atom. The minimum absolute atomic E-state index is 0.134. The number of hydrogen-bond donors (Lipinski definition) is 1. The van der Waals surface area contributed by atoms with Crippen LogP contribution >= 0.6 is 23.4 Å². The highest BCUT2D eigenvalue weighted by molar-refractivity contribution is 7.98. The van der Waals surface area contributed by atoms with Crippen molar-refractivity contribution in [1.82, 2.24) is 4.98 Å². The summed E-state index contributed by atoms with van der Waals surface area (Å²) >= 11 is 7.65. The van der Waals surface area contributed by atoms with Crippen LogP contribution in [0, 0.1) is 0 Å². The molecular weight excluding hydrogens is 278 g/mol. The van der Waals surface area contributed by atoms with Gasteiger partial charge in [0.05, 0.1) is 0 Å². The number of pyridine rings is 1. The third-order valence-electron chi connectivity index (χ3n) is 3.30. The van der Waals surface area contributed by atoms with E-state index in [-0.39, 0.29) is 5.88 Å². The molecule has 2 nitrogen and oxygen atoms in total. The molecule has 1 N–H and O–H groups in total. The predicted octanol–water partition coefficient (Wildman–Crippen LogP) is 4.22. The summed E-state index contributed by atoms with van der Waals surface area (Å²) in [6.07, 6.45) is 3.28. The number of thioether (sulfide) groups is 1. The van der Waals surface area contributed by atoms with Gasteiger partial charge in [0.25, 0.3) is 0 Å². The van der Waals surface area contributed by atoms with E-state index in [1.165, 1.54) is 16.7 Å². The molecule has 1 aromatic heterocycles. The highest BCUT2D eigenvalue weighted by Gasteiger charge is 2.17. The Kier molecular flexibility index (Phi) is 3.67. The molecule has 0 amide bonds. The molecule has 4 heteroatoms. The Morgan fingerprint density at radius 2 is 2.16 bits per heavy atom. The minimum atomic E-state index is 0.134. The monoisotopic (exact) mass is 291 g/mol. The number of aromatic nitrogens is 1. The molecule has 0 saturated heterocycles. The summed E-state index contributed by atoms with van der Waals surface area (Å²) in [5, 5.41) is 11.4. The van der Waals surface area contributed by atoms with Crippen LogP contribution in [0.2, 0.25) is 5.02 Å². The molecule has 1 aliphatic rings. The van der Waals surface area contributed by atoms with Crippen molar-refractivity contribution in [2.45, 2.75) is 30.0 Å². The summed E-state index contributed by atoms with van der Waals surface area (Å²) in [7, 11) is 0. The van der Waals surface area contributed by atoms with Gasteiger partial charge in [0.1, 0.15) is 5.03 Å². The van der Waals surface area contributed by atoms with Crippen molar-refractivity contribution in [3.05, 3.63) is 52.0 Å². The largest absolute Gasteiger partial charge is 0.493 e. The topological polar surface area (TPSA) is 33.1 Å². The fourth-order valence-corrected chi connectivity index (χ4v) is 3.69. The van der Waals surface area contributed by atoms with Crippen molar-refractivity contribution < 1.29 is 5.11 Å². The van der Waals surface area contributed by atoms with Crippen LogP contribution < -0.4 is 0 Å². The van der Waals surface area contributed by atoms with Crippen molar-refractivity contribution in [3.63, 3.8) is 0 Å². The van der Waals surface area contributed by atoms with Crippen LogP contribution in [0.5, 0.6) is 5.88 Å². The average Bonchev–Trinajstić information content (AvgIpc) is 2.84. The SMILES string of the molecule is Oc1cc2c(c(SCc3cccc(Cl)c3)n1)CCC2. The maximum atomic E-state index is 9.67. The van der Waals surface area contributed by atoms with Crippen LogP contribution in [-0.2, 0) is 18.6 Å². The maximum Gasteiger partial charge on any atom is 0.212 e. The van der Waals surface area contributed by atoms with Gasteiger partial charge in [-0.15, -0.1) is 11.8 Å². The van der Waals surface area contributed by atoms with E-state index >= 15 is 0 Å². The lowest BCUT2D eigenvalue weighted by atomic mass is 10.2. The first-order valence-electron chi connectivity index (χ1n) is 6.31. The minimum Gasteiger partial charge on any atom is -0.493 e. The fourth-order valence-electron chi connectivity index (χ4n) is 2.43. The highest BCUT2D eigenvalue weighted by atomic mass is 35.5. The molecule has 1 aromatic carbocycles. The molecule has 3 rings (SSSR count). The fraction of sp³-hybridized carbons (Fsp3) is 0.267. The third-order valence-corrected chi connectivity index (χ3v) is 4.63. The van der Waals surface area contributed by atoms with E-state index < -0.39 is 0 Å². The van der Waals surface area contributed by atoms with E-state index in [4.69, 9.17) is 11.6 Å². The molecule has 0 spiro atoms. The normalized spacial score (nSPS) is 13.5. The third kappa shape index (κ3) is 2.88. The van der Waals surface area contributed by atoms with E-state index in [0.29, 0.717) is 0 Å². The van der Waals surface area contributed by atoms with E-state index in [0.717, 1.165) is 35.1 Å². The number of aromatic hydroxyl groups is 1. The lowest BCUT2D eigenvalue weighted by Gasteiger charge is -2.08. The Bertz CT molecular complexity index is 615. The summed E-state index contributed by atoms with van der Waals surface area (Å²) in [4.78, 5) is 4.27. The van der Waals surface area contributed by atoms with Gasteiger partial charge in [-0.3, -0.25) is 0 Å². The molecule has 1 aliphatic carbocycles. The zero-order chi connectivity index (χ0) is 13.2. The van der Waals surface area contributed by atoms with Crippen LogP contribution in [0.3, 0.4) is 0 Å². The molecule has 19 heavy (non-hydrogen) atoms. The van der Waals surface area contributed by atoms with Gasteiger partial charge in [-0.2, -0.15) is 0 Å². The van der Waals surface area contributed by atoms with Gasteiger partial charge in [0.15, 0.2) is 0 Å². The van der Waals surface area contributed by atoms with Crippen LogP contribution in [0.25, 0.3) is 0 Å². The van der Waals surface area contributed by atoms with Crippen LogP contribution in [0.1, 0.15) is 23.1 Å². The second-order valence-electron chi connectivity index (χ2n) is 4.70. The van der Waals surface area contributed by atoms with E-state index in [2.05, 4.69) is 11.1 Å². The van der Waals surface area contributed by atoms with E-state index in [1.807, 2.05) is 18.2 Å². The van der Waals surface area contributed by atoms with Crippen molar-refractivity contribution in [1.29, 1.82) is 0 Å². The van der Waals surface area contributed by atoms with Crippen molar-refractivity contribution in [2.75, 3.05) is 0 Å². The Balaban J connectivity index is 1.81.